The lowest BCUT2D eigenvalue weighted by atomic mass is 10.0. The van der Waals surface area contributed by atoms with E-state index in [9.17, 15) is 13.2 Å². The van der Waals surface area contributed by atoms with Gasteiger partial charge in [-0.2, -0.15) is 0 Å². The van der Waals surface area contributed by atoms with Crippen molar-refractivity contribution >= 4 is 15.9 Å². The fraction of sp³-hybridized carbons (Fsp3) is 0.900. The summed E-state index contributed by atoms with van der Waals surface area (Å²) in [6.45, 7) is 7.14. The van der Waals surface area contributed by atoms with Crippen LogP contribution in [0.5, 0.6) is 0 Å². The maximum Gasteiger partial charge on any atom is 0.239 e. The third kappa shape index (κ3) is 6.60. The Morgan fingerprint density at radius 1 is 1.18 bits per heavy atom. The van der Waals surface area contributed by atoms with Crippen LogP contribution in [0, 0.1) is 0 Å². The van der Waals surface area contributed by atoms with E-state index in [4.69, 9.17) is 0 Å². The third-order valence-electron chi connectivity index (χ3n) is 2.35. The van der Waals surface area contributed by atoms with Crippen molar-refractivity contribution in [3.05, 3.63) is 0 Å². The van der Waals surface area contributed by atoms with Crippen molar-refractivity contribution < 1.29 is 13.2 Å². The Labute approximate surface area is 104 Å². The molecular formula is C10H23N3O3S. The van der Waals surface area contributed by atoms with E-state index in [2.05, 4.69) is 15.4 Å². The predicted octanol–water partition coefficient (Wildman–Crippen LogP) is -0.572. The normalized spacial score (nSPS) is 13.5. The first-order valence-corrected chi connectivity index (χ1v) is 7.25. The van der Waals surface area contributed by atoms with E-state index in [0.717, 1.165) is 6.26 Å². The van der Waals surface area contributed by atoms with E-state index in [1.807, 2.05) is 0 Å². The predicted molar refractivity (Wildman–Crippen MR) is 68.2 cm³/mol. The third-order valence-corrected chi connectivity index (χ3v) is 3.27. The average molecular weight is 265 g/mol. The molecule has 0 saturated heterocycles. The molecule has 17 heavy (non-hydrogen) atoms. The number of rotatable bonds is 6. The molecule has 0 spiro atoms. The van der Waals surface area contributed by atoms with Crippen molar-refractivity contribution in [3.63, 3.8) is 0 Å². The highest BCUT2D eigenvalue weighted by Gasteiger charge is 2.28. The van der Waals surface area contributed by atoms with Crippen molar-refractivity contribution in [2.75, 3.05) is 19.8 Å². The zero-order valence-corrected chi connectivity index (χ0v) is 12.2. The number of carbonyl (C=O) groups is 1. The van der Waals surface area contributed by atoms with Gasteiger partial charge in [-0.05, 0) is 34.7 Å². The van der Waals surface area contributed by atoms with Gasteiger partial charge in [0.15, 0.2) is 0 Å². The minimum Gasteiger partial charge on any atom is -0.353 e. The first-order valence-electron chi connectivity index (χ1n) is 5.36. The number of hydrogen-bond acceptors (Lipinski definition) is 4. The van der Waals surface area contributed by atoms with Crippen LogP contribution < -0.4 is 15.4 Å². The molecule has 0 aliphatic heterocycles. The van der Waals surface area contributed by atoms with Crippen LogP contribution in [0.15, 0.2) is 0 Å². The largest absolute Gasteiger partial charge is 0.353 e. The van der Waals surface area contributed by atoms with Gasteiger partial charge in [-0.1, -0.05) is 0 Å². The van der Waals surface area contributed by atoms with Gasteiger partial charge in [0.2, 0.25) is 15.9 Å². The molecule has 0 unspecified atom stereocenters. The number of hydrogen-bond donors (Lipinski definition) is 3. The van der Waals surface area contributed by atoms with Gasteiger partial charge >= 0.3 is 0 Å². The average Bonchev–Trinajstić information content (AvgIpc) is 2.10. The Bertz CT molecular complexity index is 374. The van der Waals surface area contributed by atoms with E-state index in [1.54, 1.807) is 34.7 Å². The molecule has 0 aromatic heterocycles. The van der Waals surface area contributed by atoms with Crippen molar-refractivity contribution in [2.24, 2.45) is 0 Å². The van der Waals surface area contributed by atoms with E-state index in [-0.39, 0.29) is 12.5 Å². The standard InChI is InChI=1S/C10H23N3O3S/c1-9(2,13-17(6,15)16)7-12-8(14)10(3,4)11-5/h11,13H,7H2,1-6H3,(H,12,14). The van der Waals surface area contributed by atoms with Gasteiger partial charge in [0, 0.05) is 12.1 Å². The molecular weight excluding hydrogens is 242 g/mol. The Kier molecular flexibility index (Phi) is 5.12. The summed E-state index contributed by atoms with van der Waals surface area (Å²) in [4.78, 5) is 11.8. The van der Waals surface area contributed by atoms with Crippen LogP contribution in [-0.4, -0.2) is 45.3 Å². The van der Waals surface area contributed by atoms with Crippen LogP contribution in [0.25, 0.3) is 0 Å². The van der Waals surface area contributed by atoms with Crippen molar-refractivity contribution in [1.82, 2.24) is 15.4 Å². The number of likely N-dealkylation sites (N-methyl/N-ethyl adjacent to an activating group) is 1. The molecule has 0 aliphatic rings. The first-order chi connectivity index (χ1) is 7.40. The van der Waals surface area contributed by atoms with E-state index >= 15 is 0 Å². The highest BCUT2D eigenvalue weighted by molar-refractivity contribution is 7.88. The molecule has 7 heteroatoms. The van der Waals surface area contributed by atoms with Crippen molar-refractivity contribution in [2.45, 2.75) is 38.8 Å². The lowest BCUT2D eigenvalue weighted by Gasteiger charge is -2.29. The maximum atomic E-state index is 11.8. The molecule has 0 aromatic carbocycles. The van der Waals surface area contributed by atoms with Gasteiger partial charge in [-0.15, -0.1) is 0 Å². The van der Waals surface area contributed by atoms with Gasteiger partial charge in [-0.25, -0.2) is 13.1 Å². The number of carbonyl (C=O) groups excluding carboxylic acids is 1. The van der Waals surface area contributed by atoms with Gasteiger partial charge < -0.3 is 10.6 Å². The fourth-order valence-electron chi connectivity index (χ4n) is 1.17. The SMILES string of the molecule is CNC(C)(C)C(=O)NCC(C)(C)NS(C)(=O)=O. The molecule has 6 nitrogen and oxygen atoms in total. The van der Waals surface area contributed by atoms with Crippen LogP contribution in [-0.2, 0) is 14.8 Å². The molecule has 3 N–H and O–H groups in total. The number of amides is 1. The quantitative estimate of drug-likeness (QED) is 0.600. The molecule has 0 bridgehead atoms. The van der Waals surface area contributed by atoms with Crippen LogP contribution in [0.3, 0.4) is 0 Å². The summed E-state index contributed by atoms with van der Waals surface area (Å²) >= 11 is 0. The van der Waals surface area contributed by atoms with Gasteiger partial charge in [-0.3, -0.25) is 4.79 Å². The molecule has 0 atom stereocenters. The second kappa shape index (κ2) is 5.32. The highest BCUT2D eigenvalue weighted by Crippen LogP contribution is 2.05. The van der Waals surface area contributed by atoms with E-state index < -0.39 is 21.1 Å². The molecule has 1 amide bonds. The topological polar surface area (TPSA) is 87.3 Å². The Hall–Kier alpha value is -0.660. The Morgan fingerprint density at radius 2 is 1.65 bits per heavy atom. The summed E-state index contributed by atoms with van der Waals surface area (Å²) in [6, 6.07) is 0. The number of sulfonamides is 1. The maximum absolute atomic E-state index is 11.8. The minimum atomic E-state index is -3.29. The van der Waals surface area contributed by atoms with Crippen LogP contribution >= 0.6 is 0 Å². The summed E-state index contributed by atoms with van der Waals surface area (Å²) < 4.78 is 24.7. The summed E-state index contributed by atoms with van der Waals surface area (Å²) in [5.74, 6) is -0.177. The van der Waals surface area contributed by atoms with Crippen molar-refractivity contribution in [3.8, 4) is 0 Å². The molecule has 0 saturated carbocycles. The van der Waals surface area contributed by atoms with Crippen LogP contribution in [0.2, 0.25) is 0 Å². The lowest BCUT2D eigenvalue weighted by Crippen LogP contribution is -2.57. The van der Waals surface area contributed by atoms with Gasteiger partial charge in [0.25, 0.3) is 0 Å². The summed E-state index contributed by atoms with van der Waals surface area (Å²) in [5, 5.41) is 5.58. The number of nitrogens with one attached hydrogen (secondary N) is 3. The summed E-state index contributed by atoms with van der Waals surface area (Å²) in [6.07, 6.45) is 1.09. The smallest absolute Gasteiger partial charge is 0.239 e. The molecule has 102 valence electrons. The van der Waals surface area contributed by atoms with Gasteiger partial charge in [0.1, 0.15) is 0 Å². The zero-order chi connectivity index (χ0) is 13.9. The first kappa shape index (κ1) is 16.3. The van der Waals surface area contributed by atoms with Crippen LogP contribution in [0.4, 0.5) is 0 Å². The Morgan fingerprint density at radius 3 is 2.00 bits per heavy atom. The van der Waals surface area contributed by atoms with Crippen LogP contribution in [0.1, 0.15) is 27.7 Å². The Balaban J connectivity index is 4.43. The monoisotopic (exact) mass is 265 g/mol. The molecule has 0 radical (unpaired) electrons. The van der Waals surface area contributed by atoms with Crippen molar-refractivity contribution in [1.29, 1.82) is 0 Å². The molecule has 0 fully saturated rings. The molecule has 0 aliphatic carbocycles. The zero-order valence-electron chi connectivity index (χ0n) is 11.3. The van der Waals surface area contributed by atoms with E-state index in [1.165, 1.54) is 0 Å². The summed E-state index contributed by atoms with van der Waals surface area (Å²) in [5.41, 5.74) is -1.39. The second-order valence-corrected chi connectivity index (χ2v) is 7.06. The highest BCUT2D eigenvalue weighted by atomic mass is 32.2. The summed E-state index contributed by atoms with van der Waals surface area (Å²) in [7, 11) is -1.59. The minimum absolute atomic E-state index is 0.177. The molecule has 0 heterocycles. The second-order valence-electron chi connectivity index (χ2n) is 5.32. The fourth-order valence-corrected chi connectivity index (χ4v) is 2.25. The molecule has 0 rings (SSSR count). The van der Waals surface area contributed by atoms with Gasteiger partial charge in [0.05, 0.1) is 11.8 Å². The lowest BCUT2D eigenvalue weighted by molar-refractivity contribution is -0.126. The van der Waals surface area contributed by atoms with E-state index in [0.29, 0.717) is 0 Å². The molecule has 0 aromatic rings.